The van der Waals surface area contributed by atoms with Crippen LogP contribution in [0.25, 0.3) is 0 Å². The van der Waals surface area contributed by atoms with E-state index in [-0.39, 0.29) is 6.54 Å². The van der Waals surface area contributed by atoms with Crippen molar-refractivity contribution in [2.75, 3.05) is 11.9 Å². The number of para-hydroxylation sites is 1. The van der Waals surface area contributed by atoms with Gasteiger partial charge in [0.25, 0.3) is 0 Å². The van der Waals surface area contributed by atoms with Crippen LogP contribution in [0.3, 0.4) is 0 Å². The minimum absolute atomic E-state index is 0.0509. The number of benzene rings is 2. The maximum absolute atomic E-state index is 11.7. The van der Waals surface area contributed by atoms with E-state index < -0.39 is 12.1 Å². The summed E-state index contributed by atoms with van der Waals surface area (Å²) < 4.78 is 0. The third-order valence-electron chi connectivity index (χ3n) is 2.76. The first-order valence-electron chi connectivity index (χ1n) is 6.28. The first kappa shape index (κ1) is 15.6. The minimum Gasteiger partial charge on any atom is -0.387 e. The Morgan fingerprint density at radius 1 is 1.10 bits per heavy atom. The molecule has 2 amide bonds. The van der Waals surface area contributed by atoms with Crippen LogP contribution in [-0.2, 0) is 0 Å². The highest BCUT2D eigenvalue weighted by Gasteiger charge is 2.11. The number of amides is 2. The topological polar surface area (TPSA) is 61.4 Å². The second kappa shape index (κ2) is 7.31. The zero-order valence-corrected chi connectivity index (χ0v) is 12.5. The largest absolute Gasteiger partial charge is 0.387 e. The SMILES string of the molecule is O=C(NCC(O)c1cc(Cl)cc(Cl)c1)Nc1ccccc1. The summed E-state index contributed by atoms with van der Waals surface area (Å²) in [4.78, 5) is 11.7. The fraction of sp³-hybridized carbons (Fsp3) is 0.133. The fourth-order valence-corrected chi connectivity index (χ4v) is 2.31. The molecule has 0 saturated heterocycles. The van der Waals surface area contributed by atoms with Gasteiger partial charge in [-0.3, -0.25) is 0 Å². The maximum Gasteiger partial charge on any atom is 0.319 e. The molecule has 0 bridgehead atoms. The van der Waals surface area contributed by atoms with Crippen molar-refractivity contribution in [1.29, 1.82) is 0 Å². The molecule has 2 aromatic rings. The smallest absolute Gasteiger partial charge is 0.319 e. The molecule has 0 saturated carbocycles. The van der Waals surface area contributed by atoms with Crippen molar-refractivity contribution in [1.82, 2.24) is 5.32 Å². The predicted octanol–water partition coefficient (Wildman–Crippen LogP) is 3.85. The van der Waals surface area contributed by atoms with E-state index in [1.54, 1.807) is 30.3 Å². The number of aliphatic hydroxyl groups excluding tert-OH is 1. The van der Waals surface area contributed by atoms with Gasteiger partial charge in [0.1, 0.15) is 0 Å². The molecule has 2 rings (SSSR count). The molecule has 0 radical (unpaired) electrons. The number of rotatable bonds is 4. The average Bonchev–Trinajstić information content (AvgIpc) is 2.45. The van der Waals surface area contributed by atoms with Crippen LogP contribution in [0.1, 0.15) is 11.7 Å². The quantitative estimate of drug-likeness (QED) is 0.800. The Morgan fingerprint density at radius 2 is 1.71 bits per heavy atom. The Hall–Kier alpha value is -1.75. The lowest BCUT2D eigenvalue weighted by atomic mass is 10.1. The number of anilines is 1. The molecule has 0 fully saturated rings. The first-order valence-corrected chi connectivity index (χ1v) is 7.04. The van der Waals surface area contributed by atoms with Crippen LogP contribution in [0, 0.1) is 0 Å². The van der Waals surface area contributed by atoms with Gasteiger partial charge >= 0.3 is 6.03 Å². The van der Waals surface area contributed by atoms with Crippen molar-refractivity contribution < 1.29 is 9.90 Å². The standard InChI is InChI=1S/C15H14Cl2N2O2/c16-11-6-10(7-12(17)8-11)14(20)9-18-15(21)19-13-4-2-1-3-5-13/h1-8,14,20H,9H2,(H2,18,19,21). The molecule has 0 heterocycles. The molecule has 0 aliphatic rings. The van der Waals surface area contributed by atoms with E-state index in [1.807, 2.05) is 18.2 Å². The summed E-state index contributed by atoms with van der Waals surface area (Å²) in [6.07, 6.45) is -0.886. The predicted molar refractivity (Wildman–Crippen MR) is 84.9 cm³/mol. The van der Waals surface area contributed by atoms with Crippen LogP contribution >= 0.6 is 23.2 Å². The second-order valence-corrected chi connectivity index (χ2v) is 5.29. The molecule has 0 spiro atoms. The summed E-state index contributed by atoms with van der Waals surface area (Å²) in [5.41, 5.74) is 1.22. The molecule has 2 aromatic carbocycles. The van der Waals surface area contributed by atoms with E-state index in [0.29, 0.717) is 21.3 Å². The number of hydrogen-bond acceptors (Lipinski definition) is 2. The lowest BCUT2D eigenvalue weighted by Gasteiger charge is -2.13. The molecule has 1 atom stereocenters. The highest BCUT2D eigenvalue weighted by Crippen LogP contribution is 2.23. The number of nitrogens with one attached hydrogen (secondary N) is 2. The van der Waals surface area contributed by atoms with Gasteiger partial charge in [0.15, 0.2) is 0 Å². The third-order valence-corrected chi connectivity index (χ3v) is 3.19. The summed E-state index contributed by atoms with van der Waals surface area (Å²) in [6.45, 7) is 0.0509. The number of aliphatic hydroxyl groups is 1. The normalized spacial score (nSPS) is 11.8. The Bertz CT molecular complexity index is 600. The van der Waals surface area contributed by atoms with Crippen molar-refractivity contribution in [3.8, 4) is 0 Å². The Balaban J connectivity index is 1.88. The maximum atomic E-state index is 11.7. The van der Waals surface area contributed by atoms with Gasteiger partial charge in [-0.05, 0) is 35.9 Å². The van der Waals surface area contributed by atoms with Crippen molar-refractivity contribution in [2.24, 2.45) is 0 Å². The lowest BCUT2D eigenvalue weighted by molar-refractivity contribution is 0.175. The van der Waals surface area contributed by atoms with Gasteiger partial charge in [-0.15, -0.1) is 0 Å². The number of halogens is 2. The Kier molecular flexibility index (Phi) is 5.44. The van der Waals surface area contributed by atoms with Crippen molar-refractivity contribution in [3.63, 3.8) is 0 Å². The van der Waals surface area contributed by atoms with Crippen LogP contribution in [0.2, 0.25) is 10.0 Å². The first-order chi connectivity index (χ1) is 10.0. The average molecular weight is 325 g/mol. The number of carbonyl (C=O) groups is 1. The van der Waals surface area contributed by atoms with Crippen molar-refractivity contribution >= 4 is 34.9 Å². The molecular weight excluding hydrogens is 311 g/mol. The monoisotopic (exact) mass is 324 g/mol. The molecule has 21 heavy (non-hydrogen) atoms. The Labute approximate surface area is 132 Å². The van der Waals surface area contributed by atoms with E-state index in [9.17, 15) is 9.90 Å². The van der Waals surface area contributed by atoms with E-state index in [4.69, 9.17) is 23.2 Å². The molecule has 1 unspecified atom stereocenters. The van der Waals surface area contributed by atoms with Crippen LogP contribution in [0.4, 0.5) is 10.5 Å². The van der Waals surface area contributed by atoms with Gasteiger partial charge in [0, 0.05) is 22.3 Å². The third kappa shape index (κ3) is 4.93. The second-order valence-electron chi connectivity index (χ2n) is 4.42. The molecule has 6 heteroatoms. The van der Waals surface area contributed by atoms with Crippen molar-refractivity contribution in [2.45, 2.75) is 6.10 Å². The van der Waals surface area contributed by atoms with Crippen LogP contribution in [0.5, 0.6) is 0 Å². The van der Waals surface area contributed by atoms with Gasteiger partial charge < -0.3 is 15.7 Å². The van der Waals surface area contributed by atoms with Gasteiger partial charge in [-0.2, -0.15) is 0 Å². The summed E-state index contributed by atoms with van der Waals surface area (Å²) in [6, 6.07) is 13.4. The van der Waals surface area contributed by atoms with Crippen LogP contribution in [0.15, 0.2) is 48.5 Å². The zero-order chi connectivity index (χ0) is 15.2. The molecule has 110 valence electrons. The molecular formula is C15H14Cl2N2O2. The zero-order valence-electron chi connectivity index (χ0n) is 11.0. The highest BCUT2D eigenvalue weighted by molar-refractivity contribution is 6.34. The molecule has 4 nitrogen and oxygen atoms in total. The van der Waals surface area contributed by atoms with E-state index in [1.165, 1.54) is 0 Å². The van der Waals surface area contributed by atoms with Crippen LogP contribution < -0.4 is 10.6 Å². The lowest BCUT2D eigenvalue weighted by Crippen LogP contribution is -2.32. The van der Waals surface area contributed by atoms with Gasteiger partial charge in [0.05, 0.1) is 6.10 Å². The number of urea groups is 1. The summed E-state index contributed by atoms with van der Waals surface area (Å²) in [7, 11) is 0. The summed E-state index contributed by atoms with van der Waals surface area (Å²) >= 11 is 11.7. The number of hydrogen-bond donors (Lipinski definition) is 3. The number of carbonyl (C=O) groups excluding carboxylic acids is 1. The van der Waals surface area contributed by atoms with Gasteiger partial charge in [-0.25, -0.2) is 4.79 Å². The molecule has 3 N–H and O–H groups in total. The van der Waals surface area contributed by atoms with E-state index in [2.05, 4.69) is 10.6 Å². The van der Waals surface area contributed by atoms with Gasteiger partial charge in [-0.1, -0.05) is 41.4 Å². The summed E-state index contributed by atoms with van der Waals surface area (Å²) in [5.74, 6) is 0. The summed E-state index contributed by atoms with van der Waals surface area (Å²) in [5, 5.41) is 16.1. The molecule has 0 aliphatic heterocycles. The molecule has 0 aromatic heterocycles. The molecule has 0 aliphatic carbocycles. The van der Waals surface area contributed by atoms with Crippen molar-refractivity contribution in [3.05, 3.63) is 64.1 Å². The van der Waals surface area contributed by atoms with Crippen LogP contribution in [-0.4, -0.2) is 17.7 Å². The van der Waals surface area contributed by atoms with Gasteiger partial charge in [0.2, 0.25) is 0 Å². The van der Waals surface area contributed by atoms with E-state index >= 15 is 0 Å². The highest BCUT2D eigenvalue weighted by atomic mass is 35.5. The minimum atomic E-state index is -0.886. The fourth-order valence-electron chi connectivity index (χ4n) is 1.77. The Morgan fingerprint density at radius 3 is 2.33 bits per heavy atom. The van der Waals surface area contributed by atoms with E-state index in [0.717, 1.165) is 0 Å².